The van der Waals surface area contributed by atoms with Crippen LogP contribution in [0.1, 0.15) is 0 Å². The second-order valence-electron chi connectivity index (χ2n) is 1.05. The molecular formula is C4H12CoF2N4-3. The van der Waals surface area contributed by atoms with Crippen LogP contribution >= 0.6 is 0 Å². The minimum atomic E-state index is -1.56. The third-order valence-electron chi connectivity index (χ3n) is 0.250. The van der Waals surface area contributed by atoms with Gasteiger partial charge in [-0.25, -0.2) is 0 Å². The van der Waals surface area contributed by atoms with Crippen molar-refractivity contribution in [1.82, 2.24) is 0 Å². The third-order valence-corrected chi connectivity index (χ3v) is 0.250. The number of halogens is 2. The summed E-state index contributed by atoms with van der Waals surface area (Å²) in [7, 11) is 0. The molecule has 0 unspecified atom stereocenters. The summed E-state index contributed by atoms with van der Waals surface area (Å²) < 4.78 is 19.2. The van der Waals surface area contributed by atoms with Crippen LogP contribution in [0.3, 0.4) is 0 Å². The second kappa shape index (κ2) is 31.9. The van der Waals surface area contributed by atoms with E-state index >= 15 is 0 Å². The summed E-state index contributed by atoms with van der Waals surface area (Å²) in [4.78, 5) is 0. The maximum absolute atomic E-state index is 9.59. The fraction of sp³-hybridized carbons (Fsp3) is 1.00. The molecule has 11 heavy (non-hydrogen) atoms. The summed E-state index contributed by atoms with van der Waals surface area (Å²) in [6, 6.07) is 0. The van der Waals surface area contributed by atoms with Crippen LogP contribution in [-0.4, -0.2) is 26.2 Å². The van der Waals surface area contributed by atoms with Crippen LogP contribution < -0.4 is 0 Å². The normalized spacial score (nSPS) is 7.45. The van der Waals surface area contributed by atoms with Crippen LogP contribution in [0.5, 0.6) is 0 Å². The Kier molecular flexibility index (Phi) is 50.3. The molecule has 0 aromatic heterocycles. The van der Waals surface area contributed by atoms with Gasteiger partial charge in [-0.1, -0.05) is 0 Å². The molecule has 0 fully saturated rings. The average molecular weight is 213 g/mol. The summed E-state index contributed by atoms with van der Waals surface area (Å²) >= 11 is -1.56. The van der Waals surface area contributed by atoms with Crippen molar-refractivity contribution < 1.29 is 22.8 Å². The minimum Gasteiger partial charge on any atom is -0.679 e. The number of hydrogen-bond acceptors (Lipinski definition) is 0. The minimum absolute atomic E-state index is 0.236. The smallest absolute Gasteiger partial charge is 0.171 e. The molecule has 7 heteroatoms. The van der Waals surface area contributed by atoms with E-state index in [-0.39, 0.29) is 26.2 Å². The molecule has 0 aromatic carbocycles. The van der Waals surface area contributed by atoms with E-state index in [0.29, 0.717) is 0 Å². The van der Waals surface area contributed by atoms with E-state index < -0.39 is 15.6 Å². The molecule has 0 aromatic rings. The summed E-state index contributed by atoms with van der Waals surface area (Å²) in [5, 5.41) is 0. The Morgan fingerprint density at radius 3 is 0.818 bits per heavy atom. The van der Waals surface area contributed by atoms with E-state index in [1.54, 1.807) is 0 Å². The van der Waals surface area contributed by atoms with Crippen molar-refractivity contribution in [3.05, 3.63) is 22.9 Å². The van der Waals surface area contributed by atoms with Crippen LogP contribution in [0.4, 0.5) is 7.16 Å². The summed E-state index contributed by atoms with van der Waals surface area (Å²) in [5.74, 6) is 0. The van der Waals surface area contributed by atoms with Crippen molar-refractivity contribution in [2.24, 2.45) is 0 Å². The van der Waals surface area contributed by atoms with Gasteiger partial charge in [-0.2, -0.15) is 26.2 Å². The van der Waals surface area contributed by atoms with Gasteiger partial charge in [-0.3, -0.25) is 0 Å². The first-order chi connectivity index (χ1) is 5.24. The zero-order valence-electron chi connectivity index (χ0n) is 5.92. The Bertz CT molecular complexity index is 35.3. The molecule has 0 rings (SSSR count). The van der Waals surface area contributed by atoms with Crippen molar-refractivity contribution in [3.63, 3.8) is 0 Å². The number of rotatable bonds is 2. The first-order valence-electron chi connectivity index (χ1n) is 2.67. The van der Waals surface area contributed by atoms with Gasteiger partial charge in [0.15, 0.2) is 0 Å². The standard InChI is InChI=1S/2C2H6N2.Co.2FH/c2*3-1-2-4;;;/h2*3-4H,1-2H2;;2*1H/q2*-2;+3;;/p-2. The molecule has 0 atom stereocenters. The molecule has 0 spiro atoms. The number of hydrogen-bond donors (Lipinski definition) is 0. The second-order valence-corrected chi connectivity index (χ2v) is 1.20. The van der Waals surface area contributed by atoms with Gasteiger partial charge in [-0.15, -0.1) is 0 Å². The van der Waals surface area contributed by atoms with Gasteiger partial charge < -0.3 is 22.9 Å². The van der Waals surface area contributed by atoms with Crippen LogP contribution in [0.2, 0.25) is 0 Å². The molecule has 0 bridgehead atoms. The maximum Gasteiger partial charge on any atom is -0.171 e. The van der Waals surface area contributed by atoms with Gasteiger partial charge in [0.25, 0.3) is 0 Å². The Morgan fingerprint density at radius 1 is 0.727 bits per heavy atom. The molecule has 74 valence electrons. The Labute approximate surface area is 72.5 Å². The summed E-state index contributed by atoms with van der Waals surface area (Å²) in [5.41, 5.74) is 25.1. The van der Waals surface area contributed by atoms with Gasteiger partial charge in [-0.05, 0) is 0 Å². The summed E-state index contributed by atoms with van der Waals surface area (Å²) in [6.07, 6.45) is 0. The van der Waals surface area contributed by atoms with Gasteiger partial charge in [0, 0.05) is 0 Å². The monoisotopic (exact) mass is 213 g/mol. The Hall–Kier alpha value is 0.206. The fourth-order valence-corrected chi connectivity index (χ4v) is 0. The van der Waals surface area contributed by atoms with Gasteiger partial charge in [0.1, 0.15) is 0 Å². The molecule has 0 aliphatic rings. The average Bonchev–Trinajstić information content (AvgIpc) is 2.06. The van der Waals surface area contributed by atoms with Gasteiger partial charge in [0.05, 0.1) is 0 Å². The molecular weight excluding hydrogens is 201 g/mol. The van der Waals surface area contributed by atoms with Gasteiger partial charge >= 0.3 is 22.8 Å². The molecule has 0 heterocycles. The van der Waals surface area contributed by atoms with Crippen molar-refractivity contribution in [1.29, 1.82) is 0 Å². The van der Waals surface area contributed by atoms with E-state index in [1.807, 2.05) is 0 Å². The van der Waals surface area contributed by atoms with Gasteiger partial charge in [0.2, 0.25) is 0 Å². The molecule has 0 saturated carbocycles. The van der Waals surface area contributed by atoms with Crippen molar-refractivity contribution >= 4 is 0 Å². The van der Waals surface area contributed by atoms with Crippen LogP contribution in [0.25, 0.3) is 22.9 Å². The number of nitrogens with one attached hydrogen (secondary N) is 4. The molecule has 0 aliphatic carbocycles. The maximum atomic E-state index is 9.59. The molecule has 0 radical (unpaired) electrons. The van der Waals surface area contributed by atoms with E-state index in [9.17, 15) is 7.16 Å². The quantitative estimate of drug-likeness (QED) is 0.673. The van der Waals surface area contributed by atoms with E-state index in [0.717, 1.165) is 0 Å². The van der Waals surface area contributed by atoms with Crippen molar-refractivity contribution in [2.75, 3.05) is 26.2 Å². The Balaban J connectivity index is -0.0000000886. The van der Waals surface area contributed by atoms with Crippen molar-refractivity contribution in [2.45, 2.75) is 0 Å². The first-order valence-corrected chi connectivity index (χ1v) is 3.45. The van der Waals surface area contributed by atoms with Crippen LogP contribution in [0, 0.1) is 0 Å². The largest absolute Gasteiger partial charge is 0.679 e. The predicted octanol–water partition coefficient (Wildman–Crippen LogP) is 3.02. The predicted molar refractivity (Wildman–Crippen MR) is 39.0 cm³/mol. The fourth-order valence-electron chi connectivity index (χ4n) is 0. The third kappa shape index (κ3) is 141. The molecule has 4 nitrogen and oxygen atoms in total. The van der Waals surface area contributed by atoms with Crippen LogP contribution in [-0.2, 0) is 15.6 Å². The molecule has 0 saturated heterocycles. The first kappa shape index (κ1) is 17.3. The zero-order chi connectivity index (χ0) is 9.54. The SMILES string of the molecule is [F][Co+][F].[NH-]CC[NH-].[NH-]CC[NH-]. The molecule has 0 amide bonds. The van der Waals surface area contributed by atoms with E-state index in [1.165, 1.54) is 0 Å². The summed E-state index contributed by atoms with van der Waals surface area (Å²) in [6.45, 7) is 0.944. The van der Waals surface area contributed by atoms with Crippen molar-refractivity contribution in [3.8, 4) is 0 Å². The Morgan fingerprint density at radius 2 is 0.818 bits per heavy atom. The van der Waals surface area contributed by atoms with Crippen LogP contribution in [0.15, 0.2) is 0 Å². The molecule has 0 aliphatic heterocycles. The van der Waals surface area contributed by atoms with E-state index in [4.69, 9.17) is 22.9 Å². The molecule has 4 N–H and O–H groups in total. The topological polar surface area (TPSA) is 95.2 Å². The van der Waals surface area contributed by atoms with E-state index in [2.05, 4.69) is 0 Å². The zero-order valence-corrected chi connectivity index (χ0v) is 6.96.